The van der Waals surface area contributed by atoms with E-state index in [1.165, 1.54) is 0 Å². The number of rotatable bonds is 2. The molecule has 0 spiro atoms. The fourth-order valence-corrected chi connectivity index (χ4v) is 4.16. The Bertz CT molecular complexity index is 398. The van der Waals surface area contributed by atoms with E-state index in [2.05, 4.69) is 0 Å². The van der Waals surface area contributed by atoms with Gasteiger partial charge in [0.15, 0.2) is 0 Å². The molecule has 1 fully saturated rings. The summed E-state index contributed by atoms with van der Waals surface area (Å²) in [5, 5.41) is 0. The lowest BCUT2D eigenvalue weighted by Crippen LogP contribution is -2.29. The fraction of sp³-hybridized carbons (Fsp3) is 0.455. The van der Waals surface area contributed by atoms with Gasteiger partial charge in [0, 0.05) is 12.6 Å². The predicted octanol–water partition coefficient (Wildman–Crippen LogP) is 3.82. The molecule has 0 bridgehead atoms. The summed E-state index contributed by atoms with van der Waals surface area (Å²) in [6.45, 7) is 0.0903. The van der Waals surface area contributed by atoms with Crippen molar-refractivity contribution >= 4 is 18.1 Å². The van der Waals surface area contributed by atoms with Gasteiger partial charge in [0.2, 0.25) is 0 Å². The zero-order valence-electron chi connectivity index (χ0n) is 9.17. The lowest BCUT2D eigenvalue weighted by atomic mass is 10.1. The number of nitrogens with zero attached hydrogens (tertiary/aromatic N) is 1. The first-order chi connectivity index (χ1) is 7.61. The Labute approximate surface area is 101 Å². The molecule has 1 aromatic rings. The Balaban J connectivity index is 2.21. The molecule has 1 aliphatic rings. The fourth-order valence-electron chi connectivity index (χ4n) is 1.90. The third kappa shape index (κ3) is 2.49. The van der Waals surface area contributed by atoms with E-state index in [4.69, 9.17) is 15.8 Å². The maximum atomic E-state index is 12.0. The Kier molecular flexibility index (Phi) is 3.70. The maximum Gasteiger partial charge on any atom is 0.363 e. The highest BCUT2D eigenvalue weighted by Gasteiger charge is 2.36. The molecule has 0 aromatic heterocycles. The number of hydrogen-bond donors (Lipinski definition) is 0. The van der Waals surface area contributed by atoms with Crippen molar-refractivity contribution in [3.8, 4) is 0 Å². The summed E-state index contributed by atoms with van der Waals surface area (Å²) in [6.07, 6.45) is 0.869. The molecule has 1 saturated heterocycles. The van der Waals surface area contributed by atoms with Crippen LogP contribution in [0, 0.1) is 0 Å². The molecular formula is C11H15ClNO2P. The van der Waals surface area contributed by atoms with Gasteiger partial charge in [-0.2, -0.15) is 0 Å². The quantitative estimate of drug-likeness (QED) is 0.756. The highest BCUT2D eigenvalue weighted by molar-refractivity contribution is 7.83. The largest absolute Gasteiger partial charge is 0.363 e. The highest BCUT2D eigenvalue weighted by Crippen LogP contribution is 2.60. The first-order valence-corrected chi connectivity index (χ1v) is 7.86. The van der Waals surface area contributed by atoms with E-state index in [0.717, 1.165) is 18.5 Å². The predicted molar refractivity (Wildman–Crippen MR) is 65.6 cm³/mol. The molecule has 5 heteroatoms. The SMILES string of the molecule is C[C@H](c1ccccc1)N1CCCO[P@@]1(=O)Cl. The second-order valence-corrected chi connectivity index (χ2v) is 6.84. The normalized spacial score (nSPS) is 28.9. The van der Waals surface area contributed by atoms with Gasteiger partial charge in [0.25, 0.3) is 0 Å². The molecule has 88 valence electrons. The number of halogens is 1. The summed E-state index contributed by atoms with van der Waals surface area (Å²) in [5.41, 5.74) is 1.11. The van der Waals surface area contributed by atoms with Crippen LogP contribution in [0.5, 0.6) is 0 Å². The van der Waals surface area contributed by atoms with Crippen LogP contribution in [-0.4, -0.2) is 17.8 Å². The van der Waals surface area contributed by atoms with Crippen LogP contribution in [0.25, 0.3) is 0 Å². The summed E-state index contributed by atoms with van der Waals surface area (Å²) >= 11 is 5.94. The second-order valence-electron chi connectivity index (χ2n) is 3.89. The van der Waals surface area contributed by atoms with E-state index < -0.39 is 6.87 Å². The molecule has 0 radical (unpaired) electrons. The van der Waals surface area contributed by atoms with Gasteiger partial charge in [0.05, 0.1) is 6.61 Å². The molecule has 1 heterocycles. The molecule has 0 saturated carbocycles. The van der Waals surface area contributed by atoms with Crippen molar-refractivity contribution in [3.05, 3.63) is 35.9 Å². The van der Waals surface area contributed by atoms with Gasteiger partial charge < -0.3 is 4.52 Å². The molecule has 0 N–H and O–H groups in total. The topological polar surface area (TPSA) is 29.5 Å². The van der Waals surface area contributed by atoms with Crippen LogP contribution in [0.4, 0.5) is 0 Å². The van der Waals surface area contributed by atoms with E-state index in [-0.39, 0.29) is 6.04 Å². The molecule has 0 unspecified atom stereocenters. The van der Waals surface area contributed by atoms with Gasteiger partial charge in [-0.05, 0) is 30.1 Å². The standard InChI is InChI=1S/C11H15ClNO2P/c1-10(11-6-3-2-4-7-11)13-8-5-9-15-16(13,12)14/h2-4,6-7,10H,5,8-9H2,1H3/t10-,16+/m1/s1. The molecule has 0 aliphatic carbocycles. The van der Waals surface area contributed by atoms with Crippen LogP contribution in [0.2, 0.25) is 0 Å². The third-order valence-corrected chi connectivity index (χ3v) is 5.35. The van der Waals surface area contributed by atoms with Crippen molar-refractivity contribution in [1.29, 1.82) is 0 Å². The van der Waals surface area contributed by atoms with Gasteiger partial charge in [-0.3, -0.25) is 4.57 Å². The Morgan fingerprint density at radius 2 is 2.12 bits per heavy atom. The van der Waals surface area contributed by atoms with Crippen molar-refractivity contribution in [1.82, 2.24) is 4.67 Å². The molecular weight excluding hydrogens is 245 g/mol. The summed E-state index contributed by atoms with van der Waals surface area (Å²) in [7, 11) is 0. The van der Waals surface area contributed by atoms with E-state index >= 15 is 0 Å². The summed E-state index contributed by atoms with van der Waals surface area (Å²) < 4.78 is 19.0. The second kappa shape index (κ2) is 4.89. The molecule has 16 heavy (non-hydrogen) atoms. The Hall–Kier alpha value is -0.340. The van der Waals surface area contributed by atoms with Crippen molar-refractivity contribution in [2.24, 2.45) is 0 Å². The third-order valence-electron chi connectivity index (χ3n) is 2.82. The summed E-state index contributed by atoms with van der Waals surface area (Å²) in [4.78, 5) is 0. The van der Waals surface area contributed by atoms with Crippen LogP contribution in [-0.2, 0) is 9.09 Å². The number of hydrogen-bond acceptors (Lipinski definition) is 2. The van der Waals surface area contributed by atoms with Crippen LogP contribution in [0.1, 0.15) is 24.9 Å². The number of benzene rings is 1. The minimum atomic E-state index is -3.11. The van der Waals surface area contributed by atoms with Gasteiger partial charge in [-0.1, -0.05) is 30.3 Å². The molecule has 2 atom stereocenters. The van der Waals surface area contributed by atoms with Crippen molar-refractivity contribution in [3.63, 3.8) is 0 Å². The first kappa shape index (κ1) is 12.1. The van der Waals surface area contributed by atoms with E-state index in [9.17, 15) is 4.57 Å². The summed E-state index contributed by atoms with van der Waals surface area (Å²) in [6, 6.07) is 9.94. The van der Waals surface area contributed by atoms with Crippen molar-refractivity contribution in [2.45, 2.75) is 19.4 Å². The highest BCUT2D eigenvalue weighted by atomic mass is 35.7. The first-order valence-electron chi connectivity index (χ1n) is 5.37. The molecule has 2 rings (SSSR count). The Morgan fingerprint density at radius 3 is 2.75 bits per heavy atom. The van der Waals surface area contributed by atoms with Crippen molar-refractivity contribution in [2.75, 3.05) is 13.2 Å². The van der Waals surface area contributed by atoms with Crippen LogP contribution in [0.15, 0.2) is 30.3 Å². The minimum Gasteiger partial charge on any atom is -0.306 e. The van der Waals surface area contributed by atoms with Gasteiger partial charge >= 0.3 is 6.87 Å². The van der Waals surface area contributed by atoms with Crippen LogP contribution < -0.4 is 0 Å². The molecule has 1 aliphatic heterocycles. The van der Waals surface area contributed by atoms with E-state index in [1.54, 1.807) is 4.67 Å². The van der Waals surface area contributed by atoms with E-state index in [0.29, 0.717) is 6.61 Å². The van der Waals surface area contributed by atoms with Gasteiger partial charge in [0.1, 0.15) is 0 Å². The van der Waals surface area contributed by atoms with Gasteiger partial charge in [-0.25, -0.2) is 4.67 Å². The monoisotopic (exact) mass is 259 g/mol. The van der Waals surface area contributed by atoms with E-state index in [1.807, 2.05) is 37.3 Å². The van der Waals surface area contributed by atoms with Gasteiger partial charge in [-0.15, -0.1) is 0 Å². The molecule has 1 aromatic carbocycles. The minimum absolute atomic E-state index is 0.0184. The smallest absolute Gasteiger partial charge is 0.306 e. The van der Waals surface area contributed by atoms with Crippen LogP contribution >= 0.6 is 18.1 Å². The lowest BCUT2D eigenvalue weighted by Gasteiger charge is -2.35. The van der Waals surface area contributed by atoms with Crippen molar-refractivity contribution < 1.29 is 9.09 Å². The Morgan fingerprint density at radius 1 is 1.44 bits per heavy atom. The van der Waals surface area contributed by atoms with Crippen LogP contribution in [0.3, 0.4) is 0 Å². The molecule has 3 nitrogen and oxygen atoms in total. The summed E-state index contributed by atoms with van der Waals surface area (Å²) in [5.74, 6) is 0. The average molecular weight is 260 g/mol. The zero-order valence-corrected chi connectivity index (χ0v) is 10.8. The lowest BCUT2D eigenvalue weighted by molar-refractivity contribution is 0.194. The molecule has 0 amide bonds. The zero-order chi connectivity index (χ0) is 11.6. The average Bonchev–Trinajstić information content (AvgIpc) is 2.29. The maximum absolute atomic E-state index is 12.0.